The Hall–Kier alpha value is -3.35. The van der Waals surface area contributed by atoms with E-state index in [9.17, 15) is 4.79 Å². The van der Waals surface area contributed by atoms with Crippen LogP contribution in [-0.2, 0) is 0 Å². The van der Waals surface area contributed by atoms with Crippen LogP contribution in [0.5, 0.6) is 11.5 Å². The number of nitrogens with zero attached hydrogens (tertiary/aromatic N) is 2. The minimum absolute atomic E-state index is 0.177. The molecule has 0 spiro atoms. The van der Waals surface area contributed by atoms with Gasteiger partial charge in [-0.05, 0) is 43.2 Å². The van der Waals surface area contributed by atoms with Crippen molar-refractivity contribution in [1.82, 2.24) is 10.1 Å². The summed E-state index contributed by atoms with van der Waals surface area (Å²) in [4.78, 5) is 17.0. The fourth-order valence-corrected chi connectivity index (χ4v) is 3.15. The molecule has 0 atom stereocenters. The van der Waals surface area contributed by atoms with Crippen LogP contribution >= 0.6 is 0 Å². The van der Waals surface area contributed by atoms with Crippen LogP contribution < -0.4 is 14.8 Å². The summed E-state index contributed by atoms with van der Waals surface area (Å²) in [6.07, 6.45) is 3.42. The van der Waals surface area contributed by atoms with Gasteiger partial charge in [-0.2, -0.15) is 4.98 Å². The molecule has 1 aliphatic heterocycles. The molecule has 1 aliphatic carbocycles. The molecule has 2 aromatic carbocycles. The fraction of sp³-hybridized carbons (Fsp3) is 0.250. The summed E-state index contributed by atoms with van der Waals surface area (Å²) in [5.41, 5.74) is 1.95. The van der Waals surface area contributed by atoms with E-state index in [1.807, 2.05) is 24.3 Å². The second-order valence-corrected chi connectivity index (χ2v) is 6.69. The lowest BCUT2D eigenvalue weighted by Gasteiger charge is -2.20. The summed E-state index contributed by atoms with van der Waals surface area (Å²) in [5.74, 6) is 2.62. The lowest BCUT2D eigenvalue weighted by molar-refractivity contribution is 0.102. The normalized spacial score (nSPS) is 15.4. The fourth-order valence-electron chi connectivity index (χ4n) is 3.15. The molecular weight excluding hydrogens is 346 g/mol. The molecule has 0 unspecified atom stereocenters. The molecule has 136 valence electrons. The SMILES string of the molecule is O=C(Nc1cccc(-c2noc(C3CCC3)n2)c1)c1ccc2c(c1)OCO2. The first-order valence-corrected chi connectivity index (χ1v) is 8.91. The number of anilines is 1. The smallest absolute Gasteiger partial charge is 0.255 e. The summed E-state index contributed by atoms with van der Waals surface area (Å²) in [5, 5.41) is 6.97. The Morgan fingerprint density at radius 2 is 1.96 bits per heavy atom. The third-order valence-corrected chi connectivity index (χ3v) is 4.91. The molecule has 0 bridgehead atoms. The topological polar surface area (TPSA) is 86.5 Å². The summed E-state index contributed by atoms with van der Waals surface area (Å²) >= 11 is 0. The molecule has 7 nitrogen and oxygen atoms in total. The minimum Gasteiger partial charge on any atom is -0.454 e. The molecule has 7 heteroatoms. The number of hydrogen-bond acceptors (Lipinski definition) is 6. The lowest BCUT2D eigenvalue weighted by atomic mass is 9.85. The first-order chi connectivity index (χ1) is 13.3. The van der Waals surface area contributed by atoms with Gasteiger partial charge in [-0.15, -0.1) is 0 Å². The van der Waals surface area contributed by atoms with Gasteiger partial charge >= 0.3 is 0 Å². The highest BCUT2D eigenvalue weighted by atomic mass is 16.7. The zero-order valence-corrected chi connectivity index (χ0v) is 14.5. The summed E-state index contributed by atoms with van der Waals surface area (Å²) in [6, 6.07) is 12.5. The number of carbonyl (C=O) groups is 1. The number of carbonyl (C=O) groups excluding carboxylic acids is 1. The first-order valence-electron chi connectivity index (χ1n) is 8.91. The number of nitrogens with one attached hydrogen (secondary N) is 1. The number of benzene rings is 2. The third kappa shape index (κ3) is 3.01. The second kappa shape index (κ2) is 6.42. The Balaban J connectivity index is 1.34. The maximum Gasteiger partial charge on any atom is 0.255 e. The van der Waals surface area contributed by atoms with Crippen LogP contribution in [0.4, 0.5) is 5.69 Å². The van der Waals surface area contributed by atoms with E-state index in [2.05, 4.69) is 15.5 Å². The zero-order chi connectivity index (χ0) is 18.2. The summed E-state index contributed by atoms with van der Waals surface area (Å²) in [7, 11) is 0. The van der Waals surface area contributed by atoms with E-state index >= 15 is 0 Å². The first kappa shape index (κ1) is 15.9. The van der Waals surface area contributed by atoms with Crippen molar-refractivity contribution in [3.8, 4) is 22.9 Å². The molecule has 0 radical (unpaired) electrons. The highest BCUT2D eigenvalue weighted by Gasteiger charge is 2.25. The van der Waals surface area contributed by atoms with Gasteiger partial charge in [0, 0.05) is 22.7 Å². The number of amides is 1. The molecular formula is C20H17N3O4. The van der Waals surface area contributed by atoms with Gasteiger partial charge in [-0.1, -0.05) is 23.7 Å². The van der Waals surface area contributed by atoms with Gasteiger partial charge < -0.3 is 19.3 Å². The van der Waals surface area contributed by atoms with Crippen molar-refractivity contribution in [2.45, 2.75) is 25.2 Å². The molecule has 1 saturated carbocycles. The Morgan fingerprint density at radius 1 is 1.07 bits per heavy atom. The molecule has 3 aromatic rings. The summed E-state index contributed by atoms with van der Waals surface area (Å²) < 4.78 is 16.0. The predicted octanol–water partition coefficient (Wildman–Crippen LogP) is 3.99. The average Bonchev–Trinajstić information content (AvgIpc) is 3.29. The van der Waals surface area contributed by atoms with Gasteiger partial charge in [0.25, 0.3) is 5.91 Å². The maximum atomic E-state index is 12.5. The maximum absolute atomic E-state index is 12.5. The van der Waals surface area contributed by atoms with E-state index in [4.69, 9.17) is 14.0 Å². The molecule has 5 rings (SSSR count). The molecule has 1 N–H and O–H groups in total. The van der Waals surface area contributed by atoms with Crippen molar-refractivity contribution >= 4 is 11.6 Å². The van der Waals surface area contributed by atoms with E-state index in [1.54, 1.807) is 18.2 Å². The predicted molar refractivity (Wildman–Crippen MR) is 96.8 cm³/mol. The van der Waals surface area contributed by atoms with Gasteiger partial charge in [0.15, 0.2) is 11.5 Å². The van der Waals surface area contributed by atoms with Crippen LogP contribution in [0.2, 0.25) is 0 Å². The quantitative estimate of drug-likeness (QED) is 0.754. The van der Waals surface area contributed by atoms with Crippen LogP contribution in [0.25, 0.3) is 11.4 Å². The van der Waals surface area contributed by atoms with E-state index in [1.165, 1.54) is 6.42 Å². The second-order valence-electron chi connectivity index (χ2n) is 6.69. The van der Waals surface area contributed by atoms with Gasteiger partial charge in [0.2, 0.25) is 18.5 Å². The Bertz CT molecular complexity index is 1010. The highest BCUT2D eigenvalue weighted by molar-refractivity contribution is 6.04. The van der Waals surface area contributed by atoms with E-state index in [-0.39, 0.29) is 12.7 Å². The number of fused-ring (bicyclic) bond motifs is 1. The zero-order valence-electron chi connectivity index (χ0n) is 14.5. The van der Waals surface area contributed by atoms with Gasteiger partial charge in [0.1, 0.15) is 0 Å². The monoisotopic (exact) mass is 363 g/mol. The number of hydrogen-bond donors (Lipinski definition) is 1. The average molecular weight is 363 g/mol. The molecule has 1 aromatic heterocycles. The van der Waals surface area contributed by atoms with Crippen LogP contribution in [0.15, 0.2) is 47.0 Å². The van der Waals surface area contributed by atoms with Crippen LogP contribution in [0, 0.1) is 0 Å². The number of aromatic nitrogens is 2. The van der Waals surface area contributed by atoms with Gasteiger partial charge in [-0.3, -0.25) is 4.79 Å². The minimum atomic E-state index is -0.228. The van der Waals surface area contributed by atoms with Crippen molar-refractivity contribution in [3.63, 3.8) is 0 Å². The molecule has 1 fully saturated rings. The lowest BCUT2D eigenvalue weighted by Crippen LogP contribution is -2.11. The Labute approximate surface area is 155 Å². The van der Waals surface area contributed by atoms with Gasteiger partial charge in [0.05, 0.1) is 0 Å². The van der Waals surface area contributed by atoms with Crippen molar-refractivity contribution < 1.29 is 18.8 Å². The van der Waals surface area contributed by atoms with Crippen molar-refractivity contribution in [1.29, 1.82) is 0 Å². The molecule has 27 heavy (non-hydrogen) atoms. The largest absolute Gasteiger partial charge is 0.454 e. The van der Waals surface area contributed by atoms with E-state index < -0.39 is 0 Å². The van der Waals surface area contributed by atoms with Crippen molar-refractivity contribution in [2.75, 3.05) is 12.1 Å². The van der Waals surface area contributed by atoms with Crippen LogP contribution in [-0.4, -0.2) is 22.8 Å². The molecule has 2 heterocycles. The Kier molecular flexibility index (Phi) is 3.78. The van der Waals surface area contributed by atoms with Crippen LogP contribution in [0.1, 0.15) is 41.4 Å². The van der Waals surface area contributed by atoms with E-state index in [0.29, 0.717) is 40.4 Å². The molecule has 0 saturated heterocycles. The van der Waals surface area contributed by atoms with Crippen LogP contribution in [0.3, 0.4) is 0 Å². The van der Waals surface area contributed by atoms with Crippen molar-refractivity contribution in [3.05, 3.63) is 53.9 Å². The van der Waals surface area contributed by atoms with Crippen molar-refractivity contribution in [2.24, 2.45) is 0 Å². The van der Waals surface area contributed by atoms with E-state index in [0.717, 1.165) is 18.4 Å². The third-order valence-electron chi connectivity index (χ3n) is 4.91. The Morgan fingerprint density at radius 3 is 2.81 bits per heavy atom. The highest BCUT2D eigenvalue weighted by Crippen LogP contribution is 2.36. The number of rotatable bonds is 4. The summed E-state index contributed by atoms with van der Waals surface area (Å²) in [6.45, 7) is 0.177. The molecule has 1 amide bonds. The van der Waals surface area contributed by atoms with Gasteiger partial charge in [-0.25, -0.2) is 0 Å². The molecule has 2 aliphatic rings. The number of ether oxygens (including phenoxy) is 2. The standard InChI is InChI=1S/C20H17N3O4/c24-19(14-7-8-16-17(10-14)26-11-25-16)21-15-6-2-5-13(9-15)18-22-20(27-23-18)12-3-1-4-12/h2,5-10,12H,1,3-4,11H2,(H,21,24).